The first-order chi connectivity index (χ1) is 30.0. The first-order valence-corrected chi connectivity index (χ1v) is 23.8. The second-order valence-corrected chi connectivity index (χ2v) is 19.3. The lowest BCUT2D eigenvalue weighted by molar-refractivity contribution is -0.146. The van der Waals surface area contributed by atoms with Crippen LogP contribution in [0.4, 0.5) is 5.69 Å². The van der Waals surface area contributed by atoms with Gasteiger partial charge in [0.25, 0.3) is 11.8 Å². The van der Waals surface area contributed by atoms with Crippen molar-refractivity contribution in [2.75, 3.05) is 77.5 Å². The maximum absolute atomic E-state index is 13.4. The Morgan fingerprint density at radius 1 is 1.00 bits per heavy atom. The number of aromatic hydroxyl groups is 1. The monoisotopic (exact) mass is 871 g/mol. The van der Waals surface area contributed by atoms with Crippen molar-refractivity contribution in [2.24, 2.45) is 0 Å². The summed E-state index contributed by atoms with van der Waals surface area (Å²) in [4.78, 5) is 48.4. The van der Waals surface area contributed by atoms with E-state index in [1.54, 1.807) is 17.4 Å². The molecule has 2 amide bonds. The number of carbonyl (C=O) groups excluding carboxylic acids is 2. The molecule has 2 atom stereocenters. The van der Waals surface area contributed by atoms with Crippen molar-refractivity contribution in [1.82, 2.24) is 19.6 Å². The summed E-state index contributed by atoms with van der Waals surface area (Å²) >= 11 is 1.67. The highest BCUT2D eigenvalue weighted by atomic mass is 32.1. The highest BCUT2D eigenvalue weighted by Crippen LogP contribution is 2.40. The molecule has 13 nitrogen and oxygen atoms in total. The fourth-order valence-corrected chi connectivity index (χ4v) is 11.2. The van der Waals surface area contributed by atoms with E-state index in [-0.39, 0.29) is 35.9 Å². The Morgan fingerprint density at radius 3 is 2.58 bits per heavy atom. The van der Waals surface area contributed by atoms with E-state index in [4.69, 9.17) is 14.2 Å². The van der Waals surface area contributed by atoms with E-state index in [0.29, 0.717) is 82.1 Å². The number of anilines is 1. The highest BCUT2D eigenvalue weighted by Gasteiger charge is 2.42. The van der Waals surface area contributed by atoms with Gasteiger partial charge in [-0.1, -0.05) is 63.4 Å². The van der Waals surface area contributed by atoms with Crippen LogP contribution in [-0.4, -0.2) is 144 Å². The number of carboxylic acids is 1. The molecule has 8 rings (SSSR count). The van der Waals surface area contributed by atoms with Gasteiger partial charge in [0.1, 0.15) is 17.5 Å². The molecule has 1 aliphatic carbocycles. The van der Waals surface area contributed by atoms with Crippen LogP contribution in [0.2, 0.25) is 0 Å². The van der Waals surface area contributed by atoms with Gasteiger partial charge in [0.15, 0.2) is 12.4 Å². The Kier molecular flexibility index (Phi) is 14.5. The Hall–Kier alpha value is -4.05. The predicted octanol–water partition coefficient (Wildman–Crippen LogP) is 6.38. The summed E-state index contributed by atoms with van der Waals surface area (Å²) in [5, 5.41) is 25.5. The number of nitrogens with one attached hydrogen (secondary N) is 1. The number of benzene rings is 2. The van der Waals surface area contributed by atoms with Crippen molar-refractivity contribution >= 4 is 34.8 Å². The van der Waals surface area contributed by atoms with Crippen LogP contribution in [0.15, 0.2) is 47.8 Å². The molecule has 4 fully saturated rings. The van der Waals surface area contributed by atoms with Crippen LogP contribution in [0.5, 0.6) is 11.5 Å². The molecule has 4 aliphatic heterocycles. The van der Waals surface area contributed by atoms with Gasteiger partial charge in [-0.25, -0.2) is 0 Å². The zero-order chi connectivity index (χ0) is 43.2. The summed E-state index contributed by atoms with van der Waals surface area (Å²) in [5.41, 5.74) is 4.22. The van der Waals surface area contributed by atoms with E-state index < -0.39 is 12.0 Å². The molecular formula is C48H65N5O8S. The third-order valence-corrected chi connectivity index (χ3v) is 15.1. The van der Waals surface area contributed by atoms with Crippen molar-refractivity contribution < 1.29 is 38.8 Å². The summed E-state index contributed by atoms with van der Waals surface area (Å²) in [6.07, 6.45) is 9.39. The number of piperidine rings is 1. The van der Waals surface area contributed by atoms with Crippen LogP contribution in [-0.2, 0) is 38.4 Å². The van der Waals surface area contributed by atoms with Gasteiger partial charge in [0.2, 0.25) is 0 Å². The molecule has 3 N–H and O–H groups in total. The van der Waals surface area contributed by atoms with Crippen molar-refractivity contribution in [3.8, 4) is 11.5 Å². The van der Waals surface area contributed by atoms with Crippen LogP contribution in [0.25, 0.3) is 0 Å². The lowest BCUT2D eigenvalue weighted by Crippen LogP contribution is -2.57. The van der Waals surface area contributed by atoms with E-state index in [9.17, 15) is 24.6 Å². The number of thiophene rings is 1. The summed E-state index contributed by atoms with van der Waals surface area (Å²) in [5.74, 6) is -0.0505. The molecule has 5 aliphatic rings. The summed E-state index contributed by atoms with van der Waals surface area (Å²) in [6, 6.07) is 13.9. The standard InChI is InChI=1S/C48H65N5O8S/c1-33(2)41-28-37(31-62-41)46(56)53-24-26-61-48(32-53)16-20-50(21-17-48)29-35-8-6-7-34(27-35)15-25-59-40-14-19-52(44(40)47(57)58)23-22-51(38-9-4-3-5-10-38)18-13-36-11-12-39(54)43-45(36)60-30-42(55)49-43/h6-8,11-12,27-28,31,33,38,40,44,54H,3-5,9-10,13-26,29-30,32H2,1-2H3,(H,49,55)(H,57,58)/t40?,44-/m0/s1. The second-order valence-electron chi connectivity index (χ2n) is 18.4. The molecule has 1 unspecified atom stereocenters. The number of hydrogen-bond donors (Lipinski definition) is 3. The predicted molar refractivity (Wildman–Crippen MR) is 239 cm³/mol. The van der Waals surface area contributed by atoms with Gasteiger partial charge in [-0.3, -0.25) is 29.1 Å². The number of hydrogen-bond acceptors (Lipinski definition) is 11. The molecule has 62 heavy (non-hydrogen) atoms. The number of ether oxygens (including phenoxy) is 3. The number of carboxylic acid groups (broad SMARTS) is 1. The normalized spacial score (nSPS) is 22.3. The van der Waals surface area contributed by atoms with Crippen molar-refractivity contribution in [3.05, 3.63) is 75.0 Å². The third kappa shape index (κ3) is 10.6. The van der Waals surface area contributed by atoms with Crippen LogP contribution < -0.4 is 10.1 Å². The van der Waals surface area contributed by atoms with Gasteiger partial charge < -0.3 is 34.6 Å². The molecule has 0 radical (unpaired) electrons. The lowest BCUT2D eigenvalue weighted by atomic mass is 9.89. The summed E-state index contributed by atoms with van der Waals surface area (Å²) in [6.45, 7) is 12.1. The zero-order valence-electron chi connectivity index (χ0n) is 36.5. The molecule has 0 bridgehead atoms. The fourth-order valence-electron chi connectivity index (χ4n) is 10.3. The van der Waals surface area contributed by atoms with Gasteiger partial charge in [0.05, 0.1) is 37.0 Å². The van der Waals surface area contributed by atoms with Crippen molar-refractivity contribution in [3.63, 3.8) is 0 Å². The Labute approximate surface area is 370 Å². The van der Waals surface area contributed by atoms with Crippen molar-refractivity contribution in [1.29, 1.82) is 0 Å². The molecule has 3 aromatic rings. The molecule has 14 heteroatoms. The smallest absolute Gasteiger partial charge is 0.323 e. The molecule has 1 aromatic heterocycles. The maximum Gasteiger partial charge on any atom is 0.323 e. The average molecular weight is 872 g/mol. The molecule has 5 heterocycles. The van der Waals surface area contributed by atoms with Crippen molar-refractivity contribution in [2.45, 2.75) is 114 Å². The Bertz CT molecular complexity index is 2030. The number of carbonyl (C=O) groups is 3. The minimum atomic E-state index is -0.836. The number of phenolic OH excluding ortho intramolecular Hbond substituents is 1. The number of aliphatic carboxylic acids is 1. The Balaban J connectivity index is 0.802. The molecule has 3 saturated heterocycles. The van der Waals surface area contributed by atoms with E-state index in [1.165, 1.54) is 35.3 Å². The fraction of sp³-hybridized carbons (Fsp3) is 0.604. The number of likely N-dealkylation sites (tertiary alicyclic amines) is 2. The molecule has 2 aromatic carbocycles. The van der Waals surface area contributed by atoms with Gasteiger partial charge >= 0.3 is 5.97 Å². The van der Waals surface area contributed by atoms with E-state index in [0.717, 1.165) is 69.5 Å². The number of morpholine rings is 1. The van der Waals surface area contributed by atoms with E-state index >= 15 is 0 Å². The molecule has 1 saturated carbocycles. The number of rotatable bonds is 16. The minimum absolute atomic E-state index is 0.00387. The number of phenols is 1. The van der Waals surface area contributed by atoms with E-state index in [1.807, 2.05) is 16.3 Å². The van der Waals surface area contributed by atoms with Crippen LogP contribution in [0, 0.1) is 0 Å². The lowest BCUT2D eigenvalue weighted by Gasteiger charge is -2.47. The highest BCUT2D eigenvalue weighted by molar-refractivity contribution is 7.10. The number of fused-ring (bicyclic) bond motifs is 1. The summed E-state index contributed by atoms with van der Waals surface area (Å²) in [7, 11) is 0. The topological polar surface area (TPSA) is 144 Å². The summed E-state index contributed by atoms with van der Waals surface area (Å²) < 4.78 is 18.5. The number of nitrogens with zero attached hydrogens (tertiary/aromatic N) is 4. The van der Waals surface area contributed by atoms with Gasteiger partial charge in [0, 0.05) is 68.7 Å². The first kappa shape index (κ1) is 44.6. The van der Waals surface area contributed by atoms with Crippen LogP contribution >= 0.6 is 11.3 Å². The van der Waals surface area contributed by atoms with Crippen LogP contribution in [0.1, 0.15) is 103 Å². The quantitative estimate of drug-likeness (QED) is 0.138. The largest absolute Gasteiger partial charge is 0.506 e. The van der Waals surface area contributed by atoms with Crippen LogP contribution in [0.3, 0.4) is 0 Å². The maximum atomic E-state index is 13.4. The third-order valence-electron chi connectivity index (χ3n) is 13.8. The SMILES string of the molecule is CC(C)c1cc(C(=O)N2CCOC3(CCN(Cc4cccc(CCOC5CCN(CCN(CCc6ccc(O)c7c6OCC(=O)N7)C6CCCCC6)[C@@H]5C(=O)O)c4)CC3)C2)cs1. The molecular weight excluding hydrogens is 807 g/mol. The zero-order valence-corrected chi connectivity index (χ0v) is 37.3. The molecule has 1 spiro atoms. The first-order valence-electron chi connectivity index (χ1n) is 23.0. The minimum Gasteiger partial charge on any atom is -0.506 e. The van der Waals surface area contributed by atoms with Gasteiger partial charge in [-0.2, -0.15) is 0 Å². The number of amides is 2. The van der Waals surface area contributed by atoms with Gasteiger partial charge in [-0.05, 0) is 79.7 Å². The average Bonchev–Trinajstić information content (AvgIpc) is 3.94. The van der Waals surface area contributed by atoms with Gasteiger partial charge in [-0.15, -0.1) is 11.3 Å². The van der Waals surface area contributed by atoms with E-state index in [2.05, 4.69) is 64.2 Å². The molecule has 336 valence electrons. The second kappa shape index (κ2) is 20.2. The Morgan fingerprint density at radius 2 is 1.81 bits per heavy atom.